The van der Waals surface area contributed by atoms with Crippen molar-refractivity contribution in [1.82, 2.24) is 10.6 Å². The molecule has 1 aromatic rings. The highest BCUT2D eigenvalue weighted by Gasteiger charge is 2.32. The molecular weight excluding hydrogens is 272 g/mol. The maximum atomic E-state index is 11.8. The van der Waals surface area contributed by atoms with Crippen LogP contribution in [-0.2, 0) is 11.3 Å². The van der Waals surface area contributed by atoms with Gasteiger partial charge in [-0.05, 0) is 23.1 Å². The van der Waals surface area contributed by atoms with Crippen LogP contribution < -0.4 is 15.4 Å². The number of amides is 2. The molecular formula is C15H22N2O4. The molecule has 3 N–H and O–H groups in total. The molecule has 0 saturated heterocycles. The minimum atomic E-state index is -1.05. The highest BCUT2D eigenvalue weighted by Crippen LogP contribution is 2.19. The summed E-state index contributed by atoms with van der Waals surface area (Å²) >= 11 is 0. The average molecular weight is 294 g/mol. The van der Waals surface area contributed by atoms with Crippen molar-refractivity contribution in [1.29, 1.82) is 0 Å². The van der Waals surface area contributed by atoms with Crippen molar-refractivity contribution in [3.8, 4) is 5.75 Å². The van der Waals surface area contributed by atoms with Gasteiger partial charge in [0.2, 0.25) is 0 Å². The number of aliphatic carboxylic acids is 1. The molecule has 6 heteroatoms. The Morgan fingerprint density at radius 1 is 1.24 bits per heavy atom. The van der Waals surface area contributed by atoms with E-state index in [9.17, 15) is 9.59 Å². The fourth-order valence-corrected chi connectivity index (χ4v) is 1.76. The first-order valence-electron chi connectivity index (χ1n) is 6.64. The minimum Gasteiger partial charge on any atom is -0.497 e. The molecule has 1 atom stereocenters. The molecule has 0 radical (unpaired) electrons. The molecule has 21 heavy (non-hydrogen) atoms. The Hall–Kier alpha value is -2.24. The molecule has 0 heterocycles. The van der Waals surface area contributed by atoms with Gasteiger partial charge in [0.1, 0.15) is 11.8 Å². The van der Waals surface area contributed by atoms with Crippen molar-refractivity contribution in [3.63, 3.8) is 0 Å². The Balaban J connectivity index is 2.54. The first kappa shape index (κ1) is 16.8. The fraction of sp³-hybridized carbons (Fsp3) is 0.467. The van der Waals surface area contributed by atoms with Gasteiger partial charge in [0, 0.05) is 6.54 Å². The van der Waals surface area contributed by atoms with Gasteiger partial charge < -0.3 is 20.5 Å². The van der Waals surface area contributed by atoms with Crippen molar-refractivity contribution in [3.05, 3.63) is 29.8 Å². The molecule has 6 nitrogen and oxygen atoms in total. The normalized spacial score (nSPS) is 12.4. The van der Waals surface area contributed by atoms with Gasteiger partial charge in [-0.2, -0.15) is 0 Å². The third-order valence-corrected chi connectivity index (χ3v) is 3.00. The first-order valence-corrected chi connectivity index (χ1v) is 6.64. The van der Waals surface area contributed by atoms with Gasteiger partial charge in [-0.25, -0.2) is 9.59 Å². The van der Waals surface area contributed by atoms with Crippen molar-refractivity contribution in [2.45, 2.75) is 33.4 Å². The molecule has 0 spiro atoms. The SMILES string of the molecule is COc1ccc(CNC(=O)N[C@H](C(=O)O)C(C)(C)C)cc1. The molecule has 0 fully saturated rings. The van der Waals surface area contributed by atoms with E-state index in [4.69, 9.17) is 9.84 Å². The van der Waals surface area contributed by atoms with Crippen LogP contribution in [0.1, 0.15) is 26.3 Å². The zero-order valence-electron chi connectivity index (χ0n) is 12.8. The monoisotopic (exact) mass is 294 g/mol. The van der Waals surface area contributed by atoms with E-state index >= 15 is 0 Å². The van der Waals surface area contributed by atoms with E-state index in [0.29, 0.717) is 6.54 Å². The number of urea groups is 1. The third-order valence-electron chi connectivity index (χ3n) is 3.00. The molecule has 0 unspecified atom stereocenters. The lowest BCUT2D eigenvalue weighted by molar-refractivity contribution is -0.141. The van der Waals surface area contributed by atoms with Crippen LogP contribution >= 0.6 is 0 Å². The summed E-state index contributed by atoms with van der Waals surface area (Å²) in [5, 5.41) is 14.3. The molecule has 0 bridgehead atoms. The van der Waals surface area contributed by atoms with Crippen molar-refractivity contribution in [2.75, 3.05) is 7.11 Å². The number of benzene rings is 1. The lowest BCUT2D eigenvalue weighted by atomic mass is 9.87. The Kier molecular flexibility index (Phi) is 5.58. The summed E-state index contributed by atoms with van der Waals surface area (Å²) in [6.45, 7) is 5.59. The average Bonchev–Trinajstić information content (AvgIpc) is 2.41. The number of ether oxygens (including phenoxy) is 1. The third kappa shape index (κ3) is 5.33. The predicted molar refractivity (Wildman–Crippen MR) is 79.2 cm³/mol. The van der Waals surface area contributed by atoms with Gasteiger partial charge in [-0.3, -0.25) is 0 Å². The summed E-state index contributed by atoms with van der Waals surface area (Å²) in [5.74, 6) is -0.316. The fourth-order valence-electron chi connectivity index (χ4n) is 1.76. The number of carbonyl (C=O) groups excluding carboxylic acids is 1. The van der Waals surface area contributed by atoms with Crippen LogP contribution in [0.5, 0.6) is 5.75 Å². The predicted octanol–water partition coefficient (Wildman–Crippen LogP) is 1.99. The van der Waals surface area contributed by atoms with Gasteiger partial charge in [0.15, 0.2) is 0 Å². The summed E-state index contributed by atoms with van der Waals surface area (Å²) in [6, 6.07) is 5.80. The topological polar surface area (TPSA) is 87.7 Å². The molecule has 0 saturated carbocycles. The Morgan fingerprint density at radius 3 is 2.24 bits per heavy atom. The molecule has 1 aromatic carbocycles. The molecule has 2 amide bonds. The lowest BCUT2D eigenvalue weighted by Gasteiger charge is -2.27. The van der Waals surface area contributed by atoms with E-state index in [1.54, 1.807) is 40.0 Å². The van der Waals surface area contributed by atoms with E-state index in [-0.39, 0.29) is 0 Å². The van der Waals surface area contributed by atoms with Gasteiger partial charge in [0.25, 0.3) is 0 Å². The second-order valence-electron chi connectivity index (χ2n) is 5.81. The Labute approximate surface area is 124 Å². The number of carboxylic acid groups (broad SMARTS) is 1. The number of carbonyl (C=O) groups is 2. The Bertz CT molecular complexity index is 491. The molecule has 0 aromatic heterocycles. The van der Waals surface area contributed by atoms with Gasteiger partial charge in [-0.15, -0.1) is 0 Å². The summed E-state index contributed by atoms with van der Waals surface area (Å²) in [7, 11) is 1.58. The zero-order chi connectivity index (χ0) is 16.0. The first-order chi connectivity index (χ1) is 9.74. The number of hydrogen-bond acceptors (Lipinski definition) is 3. The van der Waals surface area contributed by atoms with E-state index in [2.05, 4.69) is 10.6 Å². The van der Waals surface area contributed by atoms with Crippen molar-refractivity contribution >= 4 is 12.0 Å². The molecule has 1 rings (SSSR count). The van der Waals surface area contributed by atoms with E-state index < -0.39 is 23.5 Å². The summed E-state index contributed by atoms with van der Waals surface area (Å²) in [5.41, 5.74) is 0.331. The van der Waals surface area contributed by atoms with E-state index in [1.807, 2.05) is 12.1 Å². The van der Waals surface area contributed by atoms with Gasteiger partial charge >= 0.3 is 12.0 Å². The van der Waals surface area contributed by atoms with Crippen LogP contribution in [0, 0.1) is 5.41 Å². The van der Waals surface area contributed by atoms with Gasteiger partial charge in [0.05, 0.1) is 7.11 Å². The highest BCUT2D eigenvalue weighted by molar-refractivity contribution is 5.83. The quantitative estimate of drug-likeness (QED) is 0.775. The highest BCUT2D eigenvalue weighted by atomic mass is 16.5. The number of carboxylic acids is 1. The van der Waals surface area contributed by atoms with Crippen LogP contribution in [-0.4, -0.2) is 30.3 Å². The standard InChI is InChI=1S/C15H22N2O4/c1-15(2,3)12(13(18)19)17-14(20)16-9-10-5-7-11(21-4)8-6-10/h5-8,12H,9H2,1-4H3,(H,18,19)(H2,16,17,20)/t12-/m1/s1. The van der Waals surface area contributed by atoms with Crippen LogP contribution in [0.3, 0.4) is 0 Å². The number of nitrogens with one attached hydrogen (secondary N) is 2. The molecule has 0 aliphatic carbocycles. The number of methoxy groups -OCH3 is 1. The maximum Gasteiger partial charge on any atom is 0.326 e. The molecule has 0 aliphatic rings. The van der Waals surface area contributed by atoms with Gasteiger partial charge in [-0.1, -0.05) is 32.9 Å². The van der Waals surface area contributed by atoms with E-state index in [1.165, 1.54) is 0 Å². The summed E-state index contributed by atoms with van der Waals surface area (Å²) in [4.78, 5) is 23.0. The second-order valence-corrected chi connectivity index (χ2v) is 5.81. The summed E-state index contributed by atoms with van der Waals surface area (Å²) in [6.07, 6.45) is 0. The van der Waals surface area contributed by atoms with Crippen LogP contribution in [0.4, 0.5) is 4.79 Å². The van der Waals surface area contributed by atoms with Crippen LogP contribution in [0.25, 0.3) is 0 Å². The zero-order valence-corrected chi connectivity index (χ0v) is 12.8. The maximum absolute atomic E-state index is 11.8. The van der Waals surface area contributed by atoms with E-state index in [0.717, 1.165) is 11.3 Å². The van der Waals surface area contributed by atoms with Crippen LogP contribution in [0.15, 0.2) is 24.3 Å². The smallest absolute Gasteiger partial charge is 0.326 e. The molecule has 116 valence electrons. The largest absolute Gasteiger partial charge is 0.497 e. The lowest BCUT2D eigenvalue weighted by Crippen LogP contribution is -2.52. The molecule has 0 aliphatic heterocycles. The van der Waals surface area contributed by atoms with Crippen molar-refractivity contribution < 1.29 is 19.4 Å². The minimum absolute atomic E-state index is 0.312. The number of rotatable bonds is 5. The summed E-state index contributed by atoms with van der Waals surface area (Å²) < 4.78 is 5.05. The van der Waals surface area contributed by atoms with Crippen molar-refractivity contribution in [2.24, 2.45) is 5.41 Å². The Morgan fingerprint density at radius 2 is 1.81 bits per heavy atom. The second kappa shape index (κ2) is 6.97. The number of hydrogen-bond donors (Lipinski definition) is 3. The van der Waals surface area contributed by atoms with Crippen LogP contribution in [0.2, 0.25) is 0 Å².